The Bertz CT molecular complexity index is 1440. The predicted molar refractivity (Wildman–Crippen MR) is 147 cm³/mol. The van der Waals surface area contributed by atoms with Gasteiger partial charge in [-0.1, -0.05) is 35.5 Å². The first-order valence-electron chi connectivity index (χ1n) is 13.2. The fraction of sp³-hybridized carbons (Fsp3) is 0.393. The van der Waals surface area contributed by atoms with E-state index in [2.05, 4.69) is 15.5 Å². The topological polar surface area (TPSA) is 167 Å². The van der Waals surface area contributed by atoms with Crippen molar-refractivity contribution in [2.45, 2.75) is 68.8 Å². The summed E-state index contributed by atoms with van der Waals surface area (Å²) in [5, 5.41) is 23.8. The number of aryl methyl sites for hydroxylation is 1. The van der Waals surface area contributed by atoms with Gasteiger partial charge in [-0.15, -0.1) is 0 Å². The molecule has 1 amide bonds. The highest BCUT2D eigenvalue weighted by molar-refractivity contribution is 7.89. The van der Waals surface area contributed by atoms with E-state index >= 15 is 0 Å². The zero-order valence-corrected chi connectivity index (χ0v) is 23.1. The van der Waals surface area contributed by atoms with Gasteiger partial charge in [0, 0.05) is 30.7 Å². The summed E-state index contributed by atoms with van der Waals surface area (Å²) in [4.78, 5) is 29.6. The number of carbonyl (C=O) groups is 2. The first-order chi connectivity index (χ1) is 19.1. The number of unbranched alkanes of at least 4 members (excludes halogenated alkanes) is 1. The monoisotopic (exact) mass is 567 g/mol. The van der Waals surface area contributed by atoms with E-state index in [4.69, 9.17) is 9.93 Å². The zero-order chi connectivity index (χ0) is 28.7. The van der Waals surface area contributed by atoms with Gasteiger partial charge in [0.25, 0.3) is 5.89 Å². The smallest absolute Gasteiger partial charge is 0.326 e. The number of carboxylic acids is 1. The van der Waals surface area contributed by atoms with Crippen molar-refractivity contribution in [1.29, 1.82) is 5.41 Å². The van der Waals surface area contributed by atoms with Crippen molar-refractivity contribution in [3.8, 4) is 11.5 Å². The number of carbonyl (C=O) groups excluding carboxylic acids is 1. The second-order valence-corrected chi connectivity index (χ2v) is 11.8. The van der Waals surface area contributed by atoms with Crippen molar-refractivity contribution in [1.82, 2.24) is 19.8 Å². The van der Waals surface area contributed by atoms with Crippen LogP contribution in [0.4, 0.5) is 0 Å². The van der Waals surface area contributed by atoms with Gasteiger partial charge in [-0.05, 0) is 68.9 Å². The lowest BCUT2D eigenvalue weighted by atomic mass is 10.0. The molecule has 0 radical (unpaired) electrons. The van der Waals surface area contributed by atoms with Crippen molar-refractivity contribution in [3.05, 3.63) is 66.0 Å². The van der Waals surface area contributed by atoms with Crippen LogP contribution in [-0.2, 0) is 32.5 Å². The van der Waals surface area contributed by atoms with Crippen LogP contribution >= 0.6 is 0 Å². The fourth-order valence-corrected chi connectivity index (χ4v) is 6.33. The van der Waals surface area contributed by atoms with Crippen molar-refractivity contribution in [2.24, 2.45) is 0 Å². The Hall–Kier alpha value is -3.90. The molecule has 3 N–H and O–H groups in total. The number of amides is 1. The summed E-state index contributed by atoms with van der Waals surface area (Å²) >= 11 is 0. The highest BCUT2D eigenvalue weighted by Crippen LogP contribution is 2.26. The molecule has 4 rings (SSSR count). The minimum Gasteiger partial charge on any atom is -0.480 e. The van der Waals surface area contributed by atoms with Crippen LogP contribution in [0.5, 0.6) is 0 Å². The molecule has 0 aliphatic carbocycles. The number of hydrogen-bond donors (Lipinski definition) is 3. The maximum atomic E-state index is 13.1. The molecule has 212 valence electrons. The minimum atomic E-state index is -3.89. The molecule has 0 saturated carbocycles. The highest BCUT2D eigenvalue weighted by atomic mass is 32.2. The number of aromatic nitrogens is 2. The Morgan fingerprint density at radius 3 is 2.55 bits per heavy atom. The van der Waals surface area contributed by atoms with Gasteiger partial charge in [0.15, 0.2) is 5.82 Å². The van der Waals surface area contributed by atoms with Crippen LogP contribution in [0, 0.1) is 5.41 Å². The minimum absolute atomic E-state index is 0.0149. The molecule has 1 fully saturated rings. The van der Waals surface area contributed by atoms with Gasteiger partial charge >= 0.3 is 5.97 Å². The lowest BCUT2D eigenvalue weighted by molar-refractivity contribution is -0.142. The molecule has 1 unspecified atom stereocenters. The fourth-order valence-electron chi connectivity index (χ4n) is 4.65. The van der Waals surface area contributed by atoms with E-state index in [0.29, 0.717) is 47.8 Å². The summed E-state index contributed by atoms with van der Waals surface area (Å²) in [6.07, 6.45) is 3.97. The summed E-state index contributed by atoms with van der Waals surface area (Å²) in [7, 11) is -3.89. The summed E-state index contributed by atoms with van der Waals surface area (Å²) < 4.78 is 32.7. The molecule has 1 aliphatic rings. The van der Waals surface area contributed by atoms with E-state index in [1.54, 1.807) is 49.4 Å². The largest absolute Gasteiger partial charge is 0.480 e. The Morgan fingerprint density at radius 1 is 1.15 bits per heavy atom. The predicted octanol–water partition coefficient (Wildman–Crippen LogP) is 3.45. The number of nitrogens with zero attached hydrogens (tertiary/aromatic N) is 3. The first kappa shape index (κ1) is 29.1. The number of benzene rings is 2. The van der Waals surface area contributed by atoms with Gasteiger partial charge in [0.2, 0.25) is 15.9 Å². The molecule has 0 spiro atoms. The first-order valence-corrected chi connectivity index (χ1v) is 14.6. The molecule has 2 aromatic carbocycles. The molecular weight excluding hydrogens is 534 g/mol. The summed E-state index contributed by atoms with van der Waals surface area (Å²) in [5.74, 6) is -0.901. The Labute approximate surface area is 233 Å². The van der Waals surface area contributed by atoms with Crippen molar-refractivity contribution < 1.29 is 27.6 Å². The van der Waals surface area contributed by atoms with Crippen LogP contribution in [0.3, 0.4) is 0 Å². The van der Waals surface area contributed by atoms with Crippen LogP contribution in [0.25, 0.3) is 11.5 Å². The number of aliphatic carboxylic acids is 1. The lowest BCUT2D eigenvalue weighted by Gasteiger charge is -2.25. The molecule has 1 aromatic heterocycles. The van der Waals surface area contributed by atoms with Gasteiger partial charge in [0.1, 0.15) is 12.1 Å². The number of nitrogens with one attached hydrogen (secondary N) is 2. The Balaban J connectivity index is 1.37. The van der Waals surface area contributed by atoms with Crippen LogP contribution in [0.2, 0.25) is 0 Å². The van der Waals surface area contributed by atoms with Gasteiger partial charge in [-0.2, -0.15) is 9.29 Å². The molecule has 11 nitrogen and oxygen atoms in total. The average Bonchev–Trinajstić information content (AvgIpc) is 3.62. The molecule has 12 heteroatoms. The van der Waals surface area contributed by atoms with Gasteiger partial charge in [-0.3, -0.25) is 4.79 Å². The van der Waals surface area contributed by atoms with Gasteiger partial charge in [0.05, 0.1) is 4.90 Å². The Kier molecular flexibility index (Phi) is 9.43. The second kappa shape index (κ2) is 13.0. The molecule has 2 atom stereocenters. The highest BCUT2D eigenvalue weighted by Gasteiger charge is 2.40. The molecule has 40 heavy (non-hydrogen) atoms. The number of rotatable bonds is 13. The van der Waals surface area contributed by atoms with E-state index < -0.39 is 34.0 Å². The zero-order valence-electron chi connectivity index (χ0n) is 22.2. The molecule has 0 bridgehead atoms. The molecule has 1 saturated heterocycles. The van der Waals surface area contributed by atoms with E-state index in [1.807, 2.05) is 0 Å². The third-order valence-corrected chi connectivity index (χ3v) is 8.70. The average molecular weight is 568 g/mol. The third kappa shape index (κ3) is 7.19. The van der Waals surface area contributed by atoms with Crippen LogP contribution in [-0.4, -0.2) is 64.2 Å². The van der Waals surface area contributed by atoms with Crippen molar-refractivity contribution >= 4 is 27.6 Å². The molecule has 1 aliphatic heterocycles. The quantitative estimate of drug-likeness (QED) is 0.209. The van der Waals surface area contributed by atoms with Crippen molar-refractivity contribution in [3.63, 3.8) is 0 Å². The van der Waals surface area contributed by atoms with E-state index in [1.165, 1.54) is 12.1 Å². The lowest BCUT2D eigenvalue weighted by Crippen LogP contribution is -2.51. The number of carboxylic acid groups (broad SMARTS) is 1. The summed E-state index contributed by atoms with van der Waals surface area (Å²) in [5.41, 5.74) is 2.00. The SMILES string of the molecule is CC(=N)CCCCc1noc(-c2ccc(CC(NC(=O)[C@@H]3CCCN3S(=O)(=O)c3ccccc3)C(=O)O)cc2)n1. The number of hydrogen-bond acceptors (Lipinski definition) is 8. The summed E-state index contributed by atoms with van der Waals surface area (Å²) in [6, 6.07) is 12.6. The Morgan fingerprint density at radius 2 is 1.88 bits per heavy atom. The normalized spacial score (nSPS) is 16.5. The standard InChI is InChI=1S/C28H33N5O6S/c1-19(29)8-5-6-12-25-31-27(39-32-25)21-15-13-20(14-16-21)18-23(28(35)36)30-26(34)24-11-7-17-33(24)40(37,38)22-9-3-2-4-10-22/h2-4,9-10,13-16,23-24,29H,5-8,11-12,17-18H2,1H3,(H,30,34)(H,35,36)/t23?,24-/m0/s1. The maximum absolute atomic E-state index is 13.1. The van der Waals surface area contributed by atoms with Crippen LogP contribution in [0.15, 0.2) is 64.0 Å². The van der Waals surface area contributed by atoms with Gasteiger partial charge in [-0.25, -0.2) is 13.2 Å². The summed E-state index contributed by atoms with van der Waals surface area (Å²) in [6.45, 7) is 1.97. The molecular formula is C28H33N5O6S. The second-order valence-electron chi connectivity index (χ2n) is 9.89. The van der Waals surface area contributed by atoms with E-state index in [9.17, 15) is 23.1 Å². The van der Waals surface area contributed by atoms with Crippen LogP contribution in [0.1, 0.15) is 50.4 Å². The van der Waals surface area contributed by atoms with Crippen LogP contribution < -0.4 is 5.32 Å². The van der Waals surface area contributed by atoms with E-state index in [0.717, 1.165) is 23.6 Å². The maximum Gasteiger partial charge on any atom is 0.326 e. The molecule has 3 aromatic rings. The van der Waals surface area contributed by atoms with E-state index in [-0.39, 0.29) is 17.9 Å². The molecule has 2 heterocycles. The number of sulfonamides is 1. The van der Waals surface area contributed by atoms with Crippen molar-refractivity contribution in [2.75, 3.05) is 6.54 Å². The third-order valence-electron chi connectivity index (χ3n) is 6.78. The van der Waals surface area contributed by atoms with Gasteiger partial charge < -0.3 is 20.4 Å².